The molecule has 1 rings (SSSR count). The van der Waals surface area contributed by atoms with Crippen LogP contribution < -0.4 is 4.74 Å². The van der Waals surface area contributed by atoms with E-state index >= 15 is 0 Å². The standard InChI is InChI=1S/C12H17BrO4S/c1-17-11-6-5-10(13)9-12(11)18(15,16)8-4-2-3-7-14/h5-6,9,14H,2-4,7-8H2,1H3. The number of aliphatic hydroxyl groups is 1. The van der Waals surface area contributed by atoms with Crippen molar-refractivity contribution < 1.29 is 18.3 Å². The van der Waals surface area contributed by atoms with E-state index in [0.29, 0.717) is 29.5 Å². The quantitative estimate of drug-likeness (QED) is 0.776. The van der Waals surface area contributed by atoms with Crippen molar-refractivity contribution >= 4 is 25.8 Å². The second kappa shape index (κ2) is 7.11. The summed E-state index contributed by atoms with van der Waals surface area (Å²) in [4.78, 5) is 0.211. The Labute approximate surface area is 116 Å². The van der Waals surface area contributed by atoms with Gasteiger partial charge in [-0.05, 0) is 31.0 Å². The van der Waals surface area contributed by atoms with Crippen molar-refractivity contribution in [2.24, 2.45) is 0 Å². The molecule has 1 aromatic rings. The summed E-state index contributed by atoms with van der Waals surface area (Å²) in [6.07, 6.45) is 1.87. The first kappa shape index (κ1) is 15.5. The van der Waals surface area contributed by atoms with Crippen LogP contribution >= 0.6 is 15.9 Å². The lowest BCUT2D eigenvalue weighted by atomic mass is 10.3. The normalized spacial score (nSPS) is 11.5. The first-order valence-electron chi connectivity index (χ1n) is 5.68. The van der Waals surface area contributed by atoms with Crippen molar-refractivity contribution in [2.75, 3.05) is 19.5 Å². The molecule has 1 N–H and O–H groups in total. The van der Waals surface area contributed by atoms with E-state index in [9.17, 15) is 8.42 Å². The molecule has 0 saturated carbocycles. The number of hydrogen-bond acceptors (Lipinski definition) is 4. The van der Waals surface area contributed by atoms with E-state index in [2.05, 4.69) is 15.9 Å². The third kappa shape index (κ3) is 4.26. The van der Waals surface area contributed by atoms with Crippen LogP contribution in [0, 0.1) is 0 Å². The lowest BCUT2D eigenvalue weighted by Gasteiger charge is -2.09. The molecule has 0 atom stereocenters. The number of benzene rings is 1. The Morgan fingerprint density at radius 1 is 1.28 bits per heavy atom. The van der Waals surface area contributed by atoms with E-state index in [-0.39, 0.29) is 17.3 Å². The SMILES string of the molecule is COc1ccc(Br)cc1S(=O)(=O)CCCCCO. The predicted molar refractivity (Wildman–Crippen MR) is 73.7 cm³/mol. The summed E-state index contributed by atoms with van der Waals surface area (Å²) >= 11 is 3.26. The molecule has 6 heteroatoms. The Morgan fingerprint density at radius 2 is 2.00 bits per heavy atom. The Bertz CT molecular complexity index is 485. The number of aliphatic hydroxyl groups excluding tert-OH is 1. The predicted octanol–water partition coefficient (Wildman–Crippen LogP) is 2.39. The van der Waals surface area contributed by atoms with Gasteiger partial charge in [-0.3, -0.25) is 0 Å². The van der Waals surface area contributed by atoms with Crippen molar-refractivity contribution in [1.29, 1.82) is 0 Å². The highest BCUT2D eigenvalue weighted by Gasteiger charge is 2.19. The van der Waals surface area contributed by atoms with Crippen LogP contribution in [0.4, 0.5) is 0 Å². The van der Waals surface area contributed by atoms with Crippen LogP contribution in [0.25, 0.3) is 0 Å². The molecular weight excluding hydrogens is 320 g/mol. The molecule has 18 heavy (non-hydrogen) atoms. The molecule has 0 amide bonds. The molecule has 0 aliphatic heterocycles. The van der Waals surface area contributed by atoms with Crippen molar-refractivity contribution in [2.45, 2.75) is 24.2 Å². The summed E-state index contributed by atoms with van der Waals surface area (Å²) in [6, 6.07) is 4.93. The van der Waals surface area contributed by atoms with E-state index in [1.54, 1.807) is 18.2 Å². The van der Waals surface area contributed by atoms with Gasteiger partial charge in [-0.25, -0.2) is 8.42 Å². The fourth-order valence-corrected chi connectivity index (χ4v) is 3.67. The zero-order chi connectivity index (χ0) is 13.6. The highest BCUT2D eigenvalue weighted by Crippen LogP contribution is 2.28. The molecule has 0 radical (unpaired) electrons. The lowest BCUT2D eigenvalue weighted by molar-refractivity contribution is 0.284. The average molecular weight is 337 g/mol. The van der Waals surface area contributed by atoms with Crippen LogP contribution in [-0.4, -0.2) is 33.0 Å². The van der Waals surface area contributed by atoms with Crippen molar-refractivity contribution in [1.82, 2.24) is 0 Å². The molecule has 0 aliphatic carbocycles. The Balaban J connectivity index is 2.87. The van der Waals surface area contributed by atoms with Gasteiger partial charge in [0.05, 0.1) is 12.9 Å². The summed E-state index contributed by atoms with van der Waals surface area (Å²) in [5.41, 5.74) is 0. The van der Waals surface area contributed by atoms with Gasteiger partial charge in [-0.2, -0.15) is 0 Å². The maximum absolute atomic E-state index is 12.2. The Kier molecular flexibility index (Phi) is 6.11. The summed E-state index contributed by atoms with van der Waals surface area (Å²) in [6.45, 7) is 0.0975. The monoisotopic (exact) mass is 336 g/mol. The van der Waals surface area contributed by atoms with Crippen LogP contribution in [0.5, 0.6) is 5.75 Å². The van der Waals surface area contributed by atoms with E-state index < -0.39 is 9.84 Å². The topological polar surface area (TPSA) is 63.6 Å². The van der Waals surface area contributed by atoms with Gasteiger partial charge in [0.2, 0.25) is 0 Å². The molecule has 0 bridgehead atoms. The molecular formula is C12H17BrO4S. The van der Waals surface area contributed by atoms with Crippen LogP contribution in [0.1, 0.15) is 19.3 Å². The number of sulfone groups is 1. The number of rotatable bonds is 7. The van der Waals surface area contributed by atoms with Gasteiger partial charge in [0.1, 0.15) is 10.6 Å². The van der Waals surface area contributed by atoms with Crippen LogP contribution in [-0.2, 0) is 9.84 Å². The van der Waals surface area contributed by atoms with Gasteiger partial charge < -0.3 is 9.84 Å². The first-order valence-corrected chi connectivity index (χ1v) is 8.13. The third-order valence-electron chi connectivity index (χ3n) is 2.53. The zero-order valence-corrected chi connectivity index (χ0v) is 12.6. The van der Waals surface area contributed by atoms with E-state index in [1.807, 2.05) is 0 Å². The first-order chi connectivity index (χ1) is 8.51. The zero-order valence-electron chi connectivity index (χ0n) is 10.2. The fourth-order valence-electron chi connectivity index (χ4n) is 1.58. The Morgan fingerprint density at radius 3 is 2.61 bits per heavy atom. The fraction of sp³-hybridized carbons (Fsp3) is 0.500. The lowest BCUT2D eigenvalue weighted by Crippen LogP contribution is -2.08. The molecule has 0 aromatic heterocycles. The molecule has 4 nitrogen and oxygen atoms in total. The third-order valence-corrected chi connectivity index (χ3v) is 4.84. The highest BCUT2D eigenvalue weighted by atomic mass is 79.9. The minimum absolute atomic E-state index is 0.0693. The minimum atomic E-state index is -3.34. The maximum Gasteiger partial charge on any atom is 0.182 e. The molecule has 0 fully saturated rings. The molecule has 0 unspecified atom stereocenters. The van der Waals surface area contributed by atoms with Gasteiger partial charge in [-0.15, -0.1) is 0 Å². The second-order valence-corrected chi connectivity index (χ2v) is 6.89. The minimum Gasteiger partial charge on any atom is -0.495 e. The van der Waals surface area contributed by atoms with Crippen molar-refractivity contribution in [3.8, 4) is 5.75 Å². The summed E-state index contributed by atoms with van der Waals surface area (Å²) in [7, 11) is -1.89. The van der Waals surface area contributed by atoms with Crippen molar-refractivity contribution in [3.63, 3.8) is 0 Å². The largest absolute Gasteiger partial charge is 0.495 e. The Hall–Kier alpha value is -0.590. The van der Waals surface area contributed by atoms with E-state index in [1.165, 1.54) is 7.11 Å². The summed E-state index contributed by atoms with van der Waals surface area (Å²) in [5.74, 6) is 0.431. The van der Waals surface area contributed by atoms with E-state index in [4.69, 9.17) is 9.84 Å². The van der Waals surface area contributed by atoms with Crippen molar-refractivity contribution in [3.05, 3.63) is 22.7 Å². The number of halogens is 1. The van der Waals surface area contributed by atoms with Gasteiger partial charge in [0.25, 0.3) is 0 Å². The maximum atomic E-state index is 12.2. The number of methoxy groups -OCH3 is 1. The summed E-state index contributed by atoms with van der Waals surface area (Å²) < 4.78 is 30.1. The number of ether oxygens (including phenoxy) is 1. The number of hydrogen-bond donors (Lipinski definition) is 1. The summed E-state index contributed by atoms with van der Waals surface area (Å²) in [5, 5.41) is 8.66. The molecule has 102 valence electrons. The van der Waals surface area contributed by atoms with Crippen LogP contribution in [0.2, 0.25) is 0 Å². The van der Waals surface area contributed by atoms with E-state index in [0.717, 1.165) is 0 Å². The molecule has 0 aliphatic rings. The number of unbranched alkanes of at least 4 members (excludes halogenated alkanes) is 2. The molecule has 0 heterocycles. The van der Waals surface area contributed by atoms with Crippen LogP contribution in [0.3, 0.4) is 0 Å². The van der Waals surface area contributed by atoms with Gasteiger partial charge in [0.15, 0.2) is 9.84 Å². The molecule has 0 saturated heterocycles. The smallest absolute Gasteiger partial charge is 0.182 e. The van der Waals surface area contributed by atoms with Gasteiger partial charge in [0, 0.05) is 11.1 Å². The van der Waals surface area contributed by atoms with Gasteiger partial charge in [-0.1, -0.05) is 22.4 Å². The average Bonchev–Trinajstić information content (AvgIpc) is 2.35. The molecule has 0 spiro atoms. The van der Waals surface area contributed by atoms with Crippen LogP contribution in [0.15, 0.2) is 27.6 Å². The van der Waals surface area contributed by atoms with Gasteiger partial charge >= 0.3 is 0 Å². The second-order valence-electron chi connectivity index (χ2n) is 3.90. The molecule has 1 aromatic carbocycles. The highest BCUT2D eigenvalue weighted by molar-refractivity contribution is 9.10.